The van der Waals surface area contributed by atoms with Crippen molar-refractivity contribution in [1.82, 2.24) is 10.2 Å². The molecule has 1 unspecified atom stereocenters. The molecule has 0 fully saturated rings. The van der Waals surface area contributed by atoms with Crippen LogP contribution in [0.4, 0.5) is 5.82 Å². The molecule has 1 heterocycles. The molecule has 0 bridgehead atoms. The van der Waals surface area contributed by atoms with Gasteiger partial charge in [0.2, 0.25) is 0 Å². The Morgan fingerprint density at radius 3 is 2.74 bits per heavy atom. The van der Waals surface area contributed by atoms with Gasteiger partial charge >= 0.3 is 0 Å². The van der Waals surface area contributed by atoms with Crippen LogP contribution in [0.1, 0.15) is 17.2 Å². The lowest BCUT2D eigenvalue weighted by atomic mass is 9.98. The highest BCUT2D eigenvalue weighted by Crippen LogP contribution is 2.26. The zero-order valence-electron chi connectivity index (χ0n) is 10.4. The number of aliphatic hydroxyl groups excluding tert-OH is 1. The predicted molar refractivity (Wildman–Crippen MR) is 75.6 cm³/mol. The molecule has 0 saturated carbocycles. The number of aromatic amines is 1. The van der Waals surface area contributed by atoms with E-state index in [1.54, 1.807) is 6.20 Å². The van der Waals surface area contributed by atoms with Crippen LogP contribution >= 0.6 is 0 Å². The summed E-state index contributed by atoms with van der Waals surface area (Å²) in [5, 5.41) is 19.1. The summed E-state index contributed by atoms with van der Waals surface area (Å²) in [6.45, 7) is 0. The van der Waals surface area contributed by atoms with Crippen molar-refractivity contribution >= 4 is 16.6 Å². The maximum atomic E-state index is 10.3. The first-order chi connectivity index (χ1) is 9.25. The van der Waals surface area contributed by atoms with E-state index in [1.165, 1.54) is 5.39 Å². The van der Waals surface area contributed by atoms with Gasteiger partial charge in [-0.2, -0.15) is 5.10 Å². The van der Waals surface area contributed by atoms with Gasteiger partial charge < -0.3 is 10.8 Å². The molecule has 0 amide bonds. The second kappa shape index (κ2) is 4.74. The molecular weight excluding hydrogens is 238 g/mol. The minimum atomic E-state index is -0.649. The van der Waals surface area contributed by atoms with Crippen molar-refractivity contribution < 1.29 is 5.11 Å². The third-order valence-electron chi connectivity index (χ3n) is 3.35. The van der Waals surface area contributed by atoms with E-state index in [2.05, 4.69) is 28.4 Å². The largest absolute Gasteiger partial charge is 0.388 e. The molecule has 2 aromatic carbocycles. The summed E-state index contributed by atoms with van der Waals surface area (Å²) in [6, 6.07) is 14.2. The highest BCUT2D eigenvalue weighted by molar-refractivity contribution is 5.85. The van der Waals surface area contributed by atoms with Crippen molar-refractivity contribution in [2.45, 2.75) is 12.5 Å². The van der Waals surface area contributed by atoms with Crippen LogP contribution in [-0.2, 0) is 6.42 Å². The Morgan fingerprint density at radius 2 is 1.95 bits per heavy atom. The highest BCUT2D eigenvalue weighted by Gasteiger charge is 2.14. The Morgan fingerprint density at radius 1 is 1.16 bits per heavy atom. The predicted octanol–water partition coefficient (Wildman–Crippen LogP) is 2.42. The lowest BCUT2D eigenvalue weighted by Gasteiger charge is -2.12. The van der Waals surface area contributed by atoms with Gasteiger partial charge in [0.25, 0.3) is 0 Å². The number of aromatic nitrogens is 2. The molecule has 3 rings (SSSR count). The van der Waals surface area contributed by atoms with Crippen molar-refractivity contribution in [3.05, 3.63) is 59.8 Å². The fourth-order valence-corrected chi connectivity index (χ4v) is 2.36. The van der Waals surface area contributed by atoms with Gasteiger partial charge in [-0.1, -0.05) is 42.5 Å². The Balaban J connectivity index is 1.96. The molecule has 0 aliphatic carbocycles. The number of hydrogen-bond donors (Lipinski definition) is 3. The Hall–Kier alpha value is -2.33. The number of nitrogens with zero attached hydrogens (tertiary/aromatic N) is 1. The first-order valence-corrected chi connectivity index (χ1v) is 6.19. The average molecular weight is 253 g/mol. The Labute approximate surface area is 110 Å². The van der Waals surface area contributed by atoms with Gasteiger partial charge in [0.15, 0.2) is 0 Å². The number of anilines is 1. The minimum absolute atomic E-state index is 0.424. The third kappa shape index (κ3) is 2.18. The molecule has 4 heteroatoms. The first kappa shape index (κ1) is 11.7. The van der Waals surface area contributed by atoms with Crippen LogP contribution in [-0.4, -0.2) is 15.3 Å². The standard InChI is InChI=1S/C15H15N3O/c16-15-13(9-17-18-15)14(19)8-11-6-3-5-10-4-1-2-7-12(10)11/h1-7,9,14,19H,8H2,(H3,16,17,18). The number of nitrogens with two attached hydrogens (primary N) is 1. The van der Waals surface area contributed by atoms with E-state index in [9.17, 15) is 5.11 Å². The molecule has 3 aromatic rings. The zero-order chi connectivity index (χ0) is 13.2. The number of rotatable bonds is 3. The smallest absolute Gasteiger partial charge is 0.124 e. The van der Waals surface area contributed by atoms with E-state index < -0.39 is 6.10 Å². The van der Waals surface area contributed by atoms with Gasteiger partial charge in [-0.25, -0.2) is 0 Å². The summed E-state index contributed by atoms with van der Waals surface area (Å²) in [5.41, 5.74) is 7.48. The summed E-state index contributed by atoms with van der Waals surface area (Å²) in [7, 11) is 0. The monoisotopic (exact) mass is 253 g/mol. The molecule has 0 spiro atoms. The molecule has 0 aliphatic heterocycles. The maximum absolute atomic E-state index is 10.3. The maximum Gasteiger partial charge on any atom is 0.124 e. The number of nitrogens with one attached hydrogen (secondary N) is 1. The average Bonchev–Trinajstić information content (AvgIpc) is 2.85. The summed E-state index contributed by atoms with van der Waals surface area (Å²) < 4.78 is 0. The number of H-pyrrole nitrogens is 1. The van der Waals surface area contributed by atoms with Crippen molar-refractivity contribution in [2.75, 3.05) is 5.73 Å². The molecule has 0 radical (unpaired) electrons. The fourth-order valence-electron chi connectivity index (χ4n) is 2.36. The molecule has 0 aliphatic rings. The molecule has 19 heavy (non-hydrogen) atoms. The van der Waals surface area contributed by atoms with E-state index in [0.717, 1.165) is 10.9 Å². The zero-order valence-corrected chi connectivity index (χ0v) is 10.4. The molecule has 4 N–H and O–H groups in total. The lowest BCUT2D eigenvalue weighted by molar-refractivity contribution is 0.179. The summed E-state index contributed by atoms with van der Waals surface area (Å²) in [6.07, 6.45) is 1.44. The van der Waals surface area contributed by atoms with Crippen molar-refractivity contribution in [3.63, 3.8) is 0 Å². The number of nitrogen functional groups attached to an aromatic ring is 1. The van der Waals surface area contributed by atoms with Crippen molar-refractivity contribution in [2.24, 2.45) is 0 Å². The number of aliphatic hydroxyl groups is 1. The van der Waals surface area contributed by atoms with Crippen LogP contribution in [0.2, 0.25) is 0 Å². The van der Waals surface area contributed by atoms with Gasteiger partial charge in [-0.3, -0.25) is 5.10 Å². The number of benzene rings is 2. The van der Waals surface area contributed by atoms with E-state index >= 15 is 0 Å². The molecule has 0 saturated heterocycles. The summed E-state index contributed by atoms with van der Waals surface area (Å²) in [5.74, 6) is 0.424. The SMILES string of the molecule is Nc1[nH]ncc1C(O)Cc1cccc2ccccc12. The van der Waals surface area contributed by atoms with Crippen LogP contribution in [0.25, 0.3) is 10.8 Å². The molecule has 96 valence electrons. The van der Waals surface area contributed by atoms with Gasteiger partial charge in [-0.15, -0.1) is 0 Å². The molecule has 1 atom stereocenters. The first-order valence-electron chi connectivity index (χ1n) is 6.19. The van der Waals surface area contributed by atoms with Crippen LogP contribution < -0.4 is 5.73 Å². The Bertz CT molecular complexity index is 700. The van der Waals surface area contributed by atoms with E-state index in [0.29, 0.717) is 17.8 Å². The normalized spacial score (nSPS) is 12.7. The Kier molecular flexibility index (Phi) is 2.93. The van der Waals surface area contributed by atoms with Gasteiger partial charge in [0.1, 0.15) is 5.82 Å². The second-order valence-corrected chi connectivity index (χ2v) is 4.60. The van der Waals surface area contributed by atoms with Crippen molar-refractivity contribution in [1.29, 1.82) is 0 Å². The van der Waals surface area contributed by atoms with Gasteiger partial charge in [0.05, 0.1) is 12.3 Å². The third-order valence-corrected chi connectivity index (χ3v) is 3.35. The van der Waals surface area contributed by atoms with Crippen LogP contribution in [0, 0.1) is 0 Å². The molecule has 1 aromatic heterocycles. The quantitative estimate of drug-likeness (QED) is 0.671. The number of fused-ring (bicyclic) bond motifs is 1. The van der Waals surface area contributed by atoms with Gasteiger partial charge in [-0.05, 0) is 16.3 Å². The second-order valence-electron chi connectivity index (χ2n) is 4.60. The van der Waals surface area contributed by atoms with Crippen LogP contribution in [0.3, 0.4) is 0 Å². The summed E-state index contributed by atoms with van der Waals surface area (Å²) >= 11 is 0. The fraction of sp³-hybridized carbons (Fsp3) is 0.133. The minimum Gasteiger partial charge on any atom is -0.388 e. The van der Waals surface area contributed by atoms with E-state index in [4.69, 9.17) is 5.73 Å². The topological polar surface area (TPSA) is 74.9 Å². The van der Waals surface area contributed by atoms with Gasteiger partial charge in [0, 0.05) is 12.0 Å². The summed E-state index contributed by atoms with van der Waals surface area (Å²) in [4.78, 5) is 0. The van der Waals surface area contributed by atoms with E-state index in [-0.39, 0.29) is 0 Å². The van der Waals surface area contributed by atoms with E-state index in [1.807, 2.05) is 24.3 Å². The van der Waals surface area contributed by atoms with Crippen LogP contribution in [0.15, 0.2) is 48.7 Å². The lowest BCUT2D eigenvalue weighted by Crippen LogP contribution is -2.04. The molecular formula is C15H15N3O. The highest BCUT2D eigenvalue weighted by atomic mass is 16.3. The van der Waals surface area contributed by atoms with Crippen molar-refractivity contribution in [3.8, 4) is 0 Å². The molecule has 4 nitrogen and oxygen atoms in total. The number of hydrogen-bond acceptors (Lipinski definition) is 3. The van der Waals surface area contributed by atoms with Crippen LogP contribution in [0.5, 0.6) is 0 Å².